The summed E-state index contributed by atoms with van der Waals surface area (Å²) in [6.07, 6.45) is 7.47. The second kappa shape index (κ2) is 8.83. The molecule has 1 atom stereocenters. The van der Waals surface area contributed by atoms with Gasteiger partial charge in [-0.15, -0.1) is 11.3 Å². The molecule has 1 aromatic rings. The zero-order valence-electron chi connectivity index (χ0n) is 14.3. The number of carbonyl (C=O) groups excluding carboxylic acids is 1. The molecule has 0 spiro atoms. The van der Waals surface area contributed by atoms with Crippen molar-refractivity contribution in [3.63, 3.8) is 0 Å². The van der Waals surface area contributed by atoms with Crippen LogP contribution in [0.5, 0.6) is 5.75 Å². The van der Waals surface area contributed by atoms with Gasteiger partial charge in [-0.05, 0) is 50.1 Å². The van der Waals surface area contributed by atoms with E-state index in [4.69, 9.17) is 5.11 Å². The standard InChI is InChI=1S/C14H25N3O.C4H4OS/c18-14(13-6-2-7-15-13)17-9-3-8-16(10-11-17)12-4-1-5-12;5-4-1-2-6-3-4/h12-13,15H,1-11H2;1-3,5H/t13-;/m1./s1. The van der Waals surface area contributed by atoms with Crippen LogP contribution in [-0.4, -0.2) is 65.6 Å². The van der Waals surface area contributed by atoms with Crippen LogP contribution in [-0.2, 0) is 4.79 Å². The van der Waals surface area contributed by atoms with Crippen molar-refractivity contribution in [2.45, 2.75) is 50.6 Å². The molecule has 1 aliphatic carbocycles. The third-order valence-corrected chi connectivity index (χ3v) is 5.97. The van der Waals surface area contributed by atoms with Crippen molar-refractivity contribution in [2.75, 3.05) is 32.7 Å². The van der Waals surface area contributed by atoms with E-state index in [0.717, 1.165) is 51.5 Å². The second-order valence-corrected chi connectivity index (χ2v) is 7.71. The Hall–Kier alpha value is -1.11. The maximum absolute atomic E-state index is 12.4. The highest BCUT2D eigenvalue weighted by Gasteiger charge is 2.30. The SMILES string of the molecule is O=C([C@H]1CCCN1)N1CCCN(C2CCC2)CC1.Oc1ccsc1. The molecule has 0 radical (unpaired) electrons. The van der Waals surface area contributed by atoms with Crippen LogP contribution < -0.4 is 5.32 Å². The first-order valence-electron chi connectivity index (χ1n) is 9.21. The van der Waals surface area contributed by atoms with Crippen LogP contribution in [0.2, 0.25) is 0 Å². The van der Waals surface area contributed by atoms with Crippen LogP contribution in [0, 0.1) is 0 Å². The molecule has 4 rings (SSSR count). The molecule has 1 aromatic heterocycles. The Bertz CT molecular complexity index is 498. The number of nitrogens with zero attached hydrogens (tertiary/aromatic N) is 2. The Morgan fingerprint density at radius 1 is 1.12 bits per heavy atom. The molecule has 0 bridgehead atoms. The third-order valence-electron chi connectivity index (χ3n) is 5.30. The summed E-state index contributed by atoms with van der Waals surface area (Å²) in [5, 5.41) is 15.3. The third kappa shape index (κ3) is 4.71. The first-order valence-corrected chi connectivity index (χ1v) is 10.2. The largest absolute Gasteiger partial charge is 0.507 e. The molecule has 1 amide bonds. The molecular weight excluding hydrogens is 322 g/mol. The Morgan fingerprint density at radius 2 is 2.00 bits per heavy atom. The van der Waals surface area contributed by atoms with Gasteiger partial charge >= 0.3 is 0 Å². The van der Waals surface area contributed by atoms with Crippen molar-refractivity contribution in [1.29, 1.82) is 0 Å². The fraction of sp³-hybridized carbons (Fsp3) is 0.722. The van der Waals surface area contributed by atoms with Crippen molar-refractivity contribution < 1.29 is 9.90 Å². The Morgan fingerprint density at radius 3 is 2.54 bits per heavy atom. The molecule has 5 nitrogen and oxygen atoms in total. The summed E-state index contributed by atoms with van der Waals surface area (Å²) < 4.78 is 0. The average Bonchev–Trinajstić information content (AvgIpc) is 3.17. The Labute approximate surface area is 148 Å². The summed E-state index contributed by atoms with van der Waals surface area (Å²) in [5.74, 6) is 0.711. The van der Waals surface area contributed by atoms with Gasteiger partial charge in [-0.1, -0.05) is 6.42 Å². The molecule has 134 valence electrons. The van der Waals surface area contributed by atoms with Gasteiger partial charge in [0.25, 0.3) is 0 Å². The van der Waals surface area contributed by atoms with Crippen molar-refractivity contribution in [3.05, 3.63) is 16.8 Å². The number of aromatic hydroxyl groups is 1. The van der Waals surface area contributed by atoms with Gasteiger partial charge < -0.3 is 15.3 Å². The van der Waals surface area contributed by atoms with Crippen molar-refractivity contribution in [2.24, 2.45) is 0 Å². The predicted molar refractivity (Wildman–Crippen MR) is 97.4 cm³/mol. The number of hydrogen-bond acceptors (Lipinski definition) is 5. The summed E-state index contributed by atoms with van der Waals surface area (Å²) in [6, 6.07) is 2.59. The maximum atomic E-state index is 12.4. The lowest BCUT2D eigenvalue weighted by Crippen LogP contribution is -2.46. The maximum Gasteiger partial charge on any atom is 0.239 e. The summed E-state index contributed by atoms with van der Waals surface area (Å²) >= 11 is 1.49. The molecule has 6 heteroatoms. The molecule has 3 heterocycles. The van der Waals surface area contributed by atoms with E-state index in [1.165, 1.54) is 37.1 Å². The van der Waals surface area contributed by atoms with Crippen LogP contribution >= 0.6 is 11.3 Å². The number of carbonyl (C=O) groups is 1. The smallest absolute Gasteiger partial charge is 0.239 e. The molecule has 2 N–H and O–H groups in total. The van der Waals surface area contributed by atoms with E-state index in [0.29, 0.717) is 11.7 Å². The Balaban J connectivity index is 0.000000238. The minimum Gasteiger partial charge on any atom is -0.507 e. The first kappa shape index (κ1) is 17.7. The highest BCUT2D eigenvalue weighted by molar-refractivity contribution is 7.08. The fourth-order valence-corrected chi connectivity index (χ4v) is 4.16. The predicted octanol–water partition coefficient (Wildman–Crippen LogP) is 2.28. The van der Waals surface area contributed by atoms with Gasteiger partial charge in [0.1, 0.15) is 5.75 Å². The van der Waals surface area contributed by atoms with Gasteiger partial charge in [-0.25, -0.2) is 0 Å². The second-order valence-electron chi connectivity index (χ2n) is 6.93. The molecule has 0 unspecified atom stereocenters. The lowest BCUT2D eigenvalue weighted by Gasteiger charge is -2.36. The summed E-state index contributed by atoms with van der Waals surface area (Å²) in [4.78, 5) is 17.1. The minimum absolute atomic E-state index is 0.111. The van der Waals surface area contributed by atoms with Crippen LogP contribution in [0.1, 0.15) is 38.5 Å². The monoisotopic (exact) mass is 351 g/mol. The normalized spacial score (nSPS) is 25.5. The van der Waals surface area contributed by atoms with Crippen molar-refractivity contribution in [1.82, 2.24) is 15.1 Å². The lowest BCUT2D eigenvalue weighted by atomic mass is 9.91. The van der Waals surface area contributed by atoms with E-state index < -0.39 is 0 Å². The molecule has 3 fully saturated rings. The highest BCUT2D eigenvalue weighted by atomic mass is 32.1. The molecule has 24 heavy (non-hydrogen) atoms. The van der Waals surface area contributed by atoms with Crippen molar-refractivity contribution in [3.8, 4) is 5.75 Å². The van der Waals surface area contributed by atoms with Crippen LogP contribution in [0.3, 0.4) is 0 Å². The number of nitrogens with one attached hydrogen (secondary N) is 1. The first-order chi connectivity index (χ1) is 11.7. The van der Waals surface area contributed by atoms with Crippen LogP contribution in [0.25, 0.3) is 0 Å². The summed E-state index contributed by atoms with van der Waals surface area (Å²) in [7, 11) is 0. The average molecular weight is 352 g/mol. The van der Waals surface area contributed by atoms with E-state index in [9.17, 15) is 4.79 Å². The van der Waals surface area contributed by atoms with Crippen LogP contribution in [0.15, 0.2) is 16.8 Å². The van der Waals surface area contributed by atoms with Gasteiger partial charge in [0.2, 0.25) is 5.91 Å². The molecule has 0 aromatic carbocycles. The van der Waals surface area contributed by atoms with E-state index >= 15 is 0 Å². The van der Waals surface area contributed by atoms with Gasteiger partial charge in [-0.2, -0.15) is 0 Å². The molecule has 1 saturated carbocycles. The molecule has 2 saturated heterocycles. The van der Waals surface area contributed by atoms with E-state index in [1.54, 1.807) is 11.4 Å². The molecule has 3 aliphatic rings. The highest BCUT2D eigenvalue weighted by Crippen LogP contribution is 2.25. The quantitative estimate of drug-likeness (QED) is 0.858. The van der Waals surface area contributed by atoms with Gasteiger partial charge in [0, 0.05) is 37.6 Å². The zero-order chi connectivity index (χ0) is 16.8. The van der Waals surface area contributed by atoms with E-state index in [2.05, 4.69) is 15.1 Å². The Kier molecular flexibility index (Phi) is 6.51. The number of hydrogen-bond donors (Lipinski definition) is 2. The fourth-order valence-electron chi connectivity index (χ4n) is 3.65. The topological polar surface area (TPSA) is 55.8 Å². The minimum atomic E-state index is 0.111. The van der Waals surface area contributed by atoms with E-state index in [-0.39, 0.29) is 6.04 Å². The summed E-state index contributed by atoms with van der Waals surface area (Å²) in [5.41, 5.74) is 0. The number of amides is 1. The number of thiophene rings is 1. The van der Waals surface area contributed by atoms with E-state index in [1.807, 2.05) is 5.38 Å². The van der Waals surface area contributed by atoms with Gasteiger partial charge in [0.15, 0.2) is 0 Å². The van der Waals surface area contributed by atoms with Crippen molar-refractivity contribution >= 4 is 17.2 Å². The lowest BCUT2D eigenvalue weighted by molar-refractivity contribution is -0.133. The van der Waals surface area contributed by atoms with Gasteiger partial charge in [0.05, 0.1) is 6.04 Å². The molecule has 2 aliphatic heterocycles. The molecular formula is C18H29N3O2S. The number of rotatable bonds is 2. The van der Waals surface area contributed by atoms with Crippen LogP contribution in [0.4, 0.5) is 0 Å². The summed E-state index contributed by atoms with van der Waals surface area (Å²) in [6.45, 7) is 5.18. The van der Waals surface area contributed by atoms with Gasteiger partial charge in [-0.3, -0.25) is 9.69 Å². The zero-order valence-corrected chi connectivity index (χ0v) is 15.1.